The molecule has 2 aromatic rings. The molecule has 0 saturated carbocycles. The van der Waals surface area contributed by atoms with E-state index in [9.17, 15) is 4.79 Å². The van der Waals surface area contributed by atoms with Gasteiger partial charge in [0.25, 0.3) is 5.56 Å². The highest BCUT2D eigenvalue weighted by Crippen LogP contribution is 2.17. The molecule has 7 nitrogen and oxygen atoms in total. The molecule has 8 heteroatoms. The highest BCUT2D eigenvalue weighted by molar-refractivity contribution is 6.32. The fourth-order valence-corrected chi connectivity index (χ4v) is 1.99. The molecule has 1 N–H and O–H groups in total. The van der Waals surface area contributed by atoms with E-state index in [1.165, 1.54) is 4.68 Å². The summed E-state index contributed by atoms with van der Waals surface area (Å²) in [7, 11) is 0. The standard InChI is InChI=1S/C12H17ClN6O/c1-4-18-7-15-17-10(18)6-14-9-5-16-19(8(2)3)12(20)11(9)13/h5,7-8,14H,4,6H2,1-3H3. The van der Waals surface area contributed by atoms with Crippen molar-refractivity contribution in [2.45, 2.75) is 39.9 Å². The van der Waals surface area contributed by atoms with Crippen molar-refractivity contribution in [3.63, 3.8) is 0 Å². The Bertz CT molecular complexity index is 648. The van der Waals surface area contributed by atoms with Crippen molar-refractivity contribution in [2.75, 3.05) is 5.32 Å². The lowest BCUT2D eigenvalue weighted by Gasteiger charge is -2.12. The number of rotatable bonds is 5. The van der Waals surface area contributed by atoms with Gasteiger partial charge in [-0.15, -0.1) is 10.2 Å². The van der Waals surface area contributed by atoms with Gasteiger partial charge < -0.3 is 9.88 Å². The molecule has 0 radical (unpaired) electrons. The summed E-state index contributed by atoms with van der Waals surface area (Å²) in [5.74, 6) is 0.775. The Labute approximate surface area is 121 Å². The van der Waals surface area contributed by atoms with E-state index in [2.05, 4.69) is 20.6 Å². The van der Waals surface area contributed by atoms with Crippen molar-refractivity contribution in [3.05, 3.63) is 33.7 Å². The second kappa shape index (κ2) is 6.04. The van der Waals surface area contributed by atoms with Gasteiger partial charge in [0.1, 0.15) is 11.3 Å². The summed E-state index contributed by atoms with van der Waals surface area (Å²) in [6.45, 7) is 6.97. The van der Waals surface area contributed by atoms with E-state index in [4.69, 9.17) is 11.6 Å². The molecule has 108 valence electrons. The van der Waals surface area contributed by atoms with Gasteiger partial charge >= 0.3 is 0 Å². The van der Waals surface area contributed by atoms with Crippen LogP contribution in [0, 0.1) is 0 Å². The maximum Gasteiger partial charge on any atom is 0.287 e. The quantitative estimate of drug-likeness (QED) is 0.908. The Balaban J connectivity index is 2.19. The number of hydrogen-bond acceptors (Lipinski definition) is 5. The van der Waals surface area contributed by atoms with Crippen LogP contribution in [-0.4, -0.2) is 24.5 Å². The molecule has 0 spiro atoms. The second-order valence-corrected chi connectivity index (χ2v) is 4.98. The summed E-state index contributed by atoms with van der Waals surface area (Å²) in [6, 6.07) is -0.0303. The summed E-state index contributed by atoms with van der Waals surface area (Å²) in [6.07, 6.45) is 3.21. The van der Waals surface area contributed by atoms with Crippen LogP contribution in [0.4, 0.5) is 5.69 Å². The zero-order chi connectivity index (χ0) is 14.7. The topological polar surface area (TPSA) is 77.6 Å². The van der Waals surface area contributed by atoms with Gasteiger partial charge in [0.2, 0.25) is 0 Å². The first-order valence-electron chi connectivity index (χ1n) is 6.42. The van der Waals surface area contributed by atoms with Gasteiger partial charge in [-0.1, -0.05) is 11.6 Å². The summed E-state index contributed by atoms with van der Waals surface area (Å²) in [5.41, 5.74) is 0.197. The largest absolute Gasteiger partial charge is 0.375 e. The summed E-state index contributed by atoms with van der Waals surface area (Å²) in [4.78, 5) is 12.0. The summed E-state index contributed by atoms with van der Waals surface area (Å²) in [5, 5.41) is 15.1. The highest BCUT2D eigenvalue weighted by atomic mass is 35.5. The molecule has 20 heavy (non-hydrogen) atoms. The lowest BCUT2D eigenvalue weighted by Crippen LogP contribution is -2.25. The first-order valence-corrected chi connectivity index (χ1v) is 6.80. The molecule has 0 amide bonds. The molecule has 2 rings (SSSR count). The van der Waals surface area contributed by atoms with Gasteiger partial charge in [0.15, 0.2) is 5.82 Å². The number of aryl methyl sites for hydroxylation is 1. The van der Waals surface area contributed by atoms with Gasteiger partial charge in [-0.05, 0) is 20.8 Å². The normalized spacial score (nSPS) is 11.1. The van der Waals surface area contributed by atoms with Gasteiger partial charge in [-0.3, -0.25) is 4.79 Å². The Morgan fingerprint density at radius 2 is 2.20 bits per heavy atom. The molecule has 0 saturated heterocycles. The SMILES string of the molecule is CCn1cnnc1CNc1cnn(C(C)C)c(=O)c1Cl. The number of aromatic nitrogens is 5. The van der Waals surface area contributed by atoms with E-state index in [1.54, 1.807) is 12.5 Å². The predicted octanol–water partition coefficient (Wildman–Crippen LogP) is 1.70. The van der Waals surface area contributed by atoms with E-state index in [1.807, 2.05) is 25.3 Å². The second-order valence-electron chi connectivity index (χ2n) is 4.60. The molecule has 0 fully saturated rings. The average molecular weight is 297 g/mol. The minimum atomic E-state index is -0.302. The molecule has 0 aliphatic carbocycles. The minimum absolute atomic E-state index is 0.0303. The van der Waals surface area contributed by atoms with Crippen LogP contribution in [0.3, 0.4) is 0 Å². The van der Waals surface area contributed by atoms with Crippen molar-refractivity contribution in [1.82, 2.24) is 24.5 Å². The number of nitrogens with zero attached hydrogens (tertiary/aromatic N) is 5. The first kappa shape index (κ1) is 14.5. The lowest BCUT2D eigenvalue weighted by atomic mass is 10.4. The molecular formula is C12H17ClN6O. The molecule has 0 bridgehead atoms. The van der Waals surface area contributed by atoms with E-state index in [0.717, 1.165) is 12.4 Å². The van der Waals surface area contributed by atoms with Crippen LogP contribution >= 0.6 is 11.6 Å². The maximum absolute atomic E-state index is 12.0. The van der Waals surface area contributed by atoms with E-state index in [0.29, 0.717) is 12.2 Å². The van der Waals surface area contributed by atoms with E-state index < -0.39 is 0 Å². The van der Waals surface area contributed by atoms with Gasteiger partial charge in [-0.25, -0.2) is 4.68 Å². The lowest BCUT2D eigenvalue weighted by molar-refractivity contribution is 0.503. The molecule has 0 aromatic carbocycles. The molecule has 0 aliphatic rings. The van der Waals surface area contributed by atoms with Crippen molar-refractivity contribution < 1.29 is 0 Å². The number of hydrogen-bond donors (Lipinski definition) is 1. The summed E-state index contributed by atoms with van der Waals surface area (Å²) < 4.78 is 3.26. The predicted molar refractivity (Wildman–Crippen MR) is 76.9 cm³/mol. The number of anilines is 1. The number of nitrogens with one attached hydrogen (secondary N) is 1. The third kappa shape index (κ3) is 2.82. The minimum Gasteiger partial charge on any atom is -0.375 e. The van der Waals surface area contributed by atoms with Gasteiger partial charge in [0, 0.05) is 6.54 Å². The molecule has 2 aromatic heterocycles. The Hall–Kier alpha value is -1.89. The zero-order valence-electron chi connectivity index (χ0n) is 11.7. The molecule has 0 aliphatic heterocycles. The van der Waals surface area contributed by atoms with Crippen molar-refractivity contribution >= 4 is 17.3 Å². The molecule has 0 atom stereocenters. The molecular weight excluding hydrogens is 280 g/mol. The van der Waals surface area contributed by atoms with Crippen LogP contribution in [0.5, 0.6) is 0 Å². The van der Waals surface area contributed by atoms with Crippen LogP contribution < -0.4 is 10.9 Å². The van der Waals surface area contributed by atoms with Gasteiger partial charge in [-0.2, -0.15) is 5.10 Å². The fourth-order valence-electron chi connectivity index (χ4n) is 1.79. The van der Waals surface area contributed by atoms with Crippen molar-refractivity contribution in [1.29, 1.82) is 0 Å². The first-order chi connectivity index (χ1) is 9.54. The Morgan fingerprint density at radius 3 is 2.85 bits per heavy atom. The average Bonchev–Trinajstić information content (AvgIpc) is 2.87. The Morgan fingerprint density at radius 1 is 1.45 bits per heavy atom. The highest BCUT2D eigenvalue weighted by Gasteiger charge is 2.12. The zero-order valence-corrected chi connectivity index (χ0v) is 12.4. The van der Waals surface area contributed by atoms with Crippen LogP contribution in [0.25, 0.3) is 0 Å². The third-order valence-corrected chi connectivity index (χ3v) is 3.27. The summed E-state index contributed by atoms with van der Waals surface area (Å²) >= 11 is 6.08. The number of halogens is 1. The van der Waals surface area contributed by atoms with Gasteiger partial charge in [0.05, 0.1) is 24.5 Å². The van der Waals surface area contributed by atoms with Crippen LogP contribution in [-0.2, 0) is 13.1 Å². The maximum atomic E-state index is 12.0. The van der Waals surface area contributed by atoms with Crippen molar-refractivity contribution in [3.8, 4) is 0 Å². The molecule has 2 heterocycles. The van der Waals surface area contributed by atoms with Crippen LogP contribution in [0.15, 0.2) is 17.3 Å². The Kier molecular flexibility index (Phi) is 4.39. The van der Waals surface area contributed by atoms with E-state index >= 15 is 0 Å². The molecule has 0 unspecified atom stereocenters. The third-order valence-electron chi connectivity index (χ3n) is 2.91. The van der Waals surface area contributed by atoms with E-state index in [-0.39, 0.29) is 16.6 Å². The van der Waals surface area contributed by atoms with Crippen LogP contribution in [0.2, 0.25) is 5.02 Å². The monoisotopic (exact) mass is 296 g/mol. The smallest absolute Gasteiger partial charge is 0.287 e. The van der Waals surface area contributed by atoms with Crippen molar-refractivity contribution in [2.24, 2.45) is 0 Å². The van der Waals surface area contributed by atoms with Crippen LogP contribution in [0.1, 0.15) is 32.6 Å². The fraction of sp³-hybridized carbons (Fsp3) is 0.500.